The van der Waals surface area contributed by atoms with Crippen LogP contribution in [-0.4, -0.2) is 10.8 Å². The van der Waals surface area contributed by atoms with E-state index >= 15 is 0 Å². The van der Waals surface area contributed by atoms with Gasteiger partial charge in [0, 0.05) is 5.56 Å². The predicted octanol–water partition coefficient (Wildman–Crippen LogP) is 2.13. The van der Waals surface area contributed by atoms with Gasteiger partial charge in [0.05, 0.1) is 0 Å². The molecule has 3 heteroatoms. The fourth-order valence-corrected chi connectivity index (χ4v) is 2.01. The maximum Gasteiger partial charge on any atom is 0.158 e. The van der Waals surface area contributed by atoms with Crippen molar-refractivity contribution in [2.75, 3.05) is 6.26 Å². The second-order valence-corrected chi connectivity index (χ2v) is 3.87. The molecule has 1 rings (SSSR count). The van der Waals surface area contributed by atoms with Gasteiger partial charge in [-0.05, 0) is 29.7 Å². The largest absolute Gasteiger partial charge is 0.612 e. The first-order valence-corrected chi connectivity index (χ1v) is 5.33. The van der Waals surface area contributed by atoms with Gasteiger partial charge in [-0.2, -0.15) is 0 Å². The lowest BCUT2D eigenvalue weighted by Gasteiger charge is -2.08. The zero-order valence-corrected chi connectivity index (χ0v) is 7.95. The van der Waals surface area contributed by atoms with Gasteiger partial charge >= 0.3 is 0 Å². The van der Waals surface area contributed by atoms with Gasteiger partial charge in [-0.25, -0.2) is 4.39 Å². The molecule has 0 aliphatic rings. The summed E-state index contributed by atoms with van der Waals surface area (Å²) in [6.07, 6.45) is 2.15. The fraction of sp³-hybridized carbons (Fsp3) is 0.333. The first-order chi connectivity index (χ1) is 5.66. The average molecular weight is 186 g/mol. The molecule has 0 saturated carbocycles. The Kier molecular flexibility index (Phi) is 3.12. The summed E-state index contributed by atoms with van der Waals surface area (Å²) in [6, 6.07) is 4.69. The Balaban J connectivity index is 3.18. The predicted molar refractivity (Wildman–Crippen MR) is 48.1 cm³/mol. The summed E-state index contributed by atoms with van der Waals surface area (Å²) >= 11 is -1.09. The van der Waals surface area contributed by atoms with Gasteiger partial charge in [0.1, 0.15) is 12.1 Å². The van der Waals surface area contributed by atoms with Crippen molar-refractivity contribution in [3.63, 3.8) is 0 Å². The Morgan fingerprint density at radius 2 is 2.17 bits per heavy atom. The van der Waals surface area contributed by atoms with Crippen molar-refractivity contribution in [3.05, 3.63) is 29.6 Å². The van der Waals surface area contributed by atoms with E-state index in [-0.39, 0.29) is 5.82 Å². The quantitative estimate of drug-likeness (QED) is 0.649. The minimum absolute atomic E-state index is 0.259. The van der Waals surface area contributed by atoms with Crippen LogP contribution >= 0.6 is 0 Å². The molecule has 1 atom stereocenters. The topological polar surface area (TPSA) is 23.1 Å². The maximum absolute atomic E-state index is 13.1. The van der Waals surface area contributed by atoms with E-state index in [0.717, 1.165) is 0 Å². The van der Waals surface area contributed by atoms with Crippen LogP contribution in [0.4, 0.5) is 4.39 Å². The summed E-state index contributed by atoms with van der Waals surface area (Å²) < 4.78 is 24.2. The zero-order valence-electron chi connectivity index (χ0n) is 7.13. The Labute approximate surface area is 74.8 Å². The van der Waals surface area contributed by atoms with E-state index in [1.807, 2.05) is 6.92 Å². The maximum atomic E-state index is 13.1. The SMILES string of the molecule is CCc1c(F)cccc1[S+](C)[O-]. The van der Waals surface area contributed by atoms with Crippen LogP contribution < -0.4 is 0 Å². The molecule has 66 valence electrons. The number of rotatable bonds is 2. The van der Waals surface area contributed by atoms with Crippen molar-refractivity contribution in [1.82, 2.24) is 0 Å². The van der Waals surface area contributed by atoms with Crippen molar-refractivity contribution in [2.45, 2.75) is 18.2 Å². The molecule has 0 saturated heterocycles. The molecule has 1 nitrogen and oxygen atoms in total. The summed E-state index contributed by atoms with van der Waals surface area (Å²) in [5.41, 5.74) is 0.568. The van der Waals surface area contributed by atoms with Crippen molar-refractivity contribution >= 4 is 11.2 Å². The highest BCUT2D eigenvalue weighted by molar-refractivity contribution is 7.90. The Morgan fingerprint density at radius 1 is 1.50 bits per heavy atom. The third kappa shape index (κ3) is 1.79. The molecular formula is C9H11FOS. The van der Waals surface area contributed by atoms with Crippen LogP contribution in [0.25, 0.3) is 0 Å². The standard InChI is InChI=1S/C9H11FOS/c1-3-7-8(10)5-4-6-9(7)12(2)11/h4-6H,3H2,1-2H3. The van der Waals surface area contributed by atoms with Crippen molar-refractivity contribution < 1.29 is 8.94 Å². The summed E-state index contributed by atoms with van der Waals surface area (Å²) in [7, 11) is 0. The van der Waals surface area contributed by atoms with Gasteiger partial charge in [0.25, 0.3) is 0 Å². The first-order valence-electron chi connectivity index (χ1n) is 3.77. The molecule has 1 unspecified atom stereocenters. The normalized spacial score (nSPS) is 13.0. The van der Waals surface area contributed by atoms with Crippen LogP contribution in [0.15, 0.2) is 23.1 Å². The van der Waals surface area contributed by atoms with E-state index in [0.29, 0.717) is 16.9 Å². The van der Waals surface area contributed by atoms with E-state index in [1.54, 1.807) is 18.4 Å². The third-order valence-electron chi connectivity index (χ3n) is 1.74. The zero-order chi connectivity index (χ0) is 9.14. The molecule has 12 heavy (non-hydrogen) atoms. The molecule has 0 radical (unpaired) electrons. The van der Waals surface area contributed by atoms with Gasteiger partial charge < -0.3 is 4.55 Å². The van der Waals surface area contributed by atoms with Gasteiger partial charge in [0.15, 0.2) is 4.90 Å². The molecule has 0 aromatic heterocycles. The molecule has 1 aromatic carbocycles. The molecule has 0 bridgehead atoms. The Bertz CT molecular complexity index is 273. The minimum Gasteiger partial charge on any atom is -0.612 e. The second kappa shape index (κ2) is 3.92. The minimum atomic E-state index is -1.09. The van der Waals surface area contributed by atoms with E-state index in [9.17, 15) is 8.94 Å². The highest BCUT2D eigenvalue weighted by Crippen LogP contribution is 2.18. The second-order valence-electron chi connectivity index (χ2n) is 2.52. The molecule has 0 N–H and O–H groups in total. The molecule has 0 spiro atoms. The van der Waals surface area contributed by atoms with Gasteiger partial charge in [-0.1, -0.05) is 13.0 Å². The van der Waals surface area contributed by atoms with Crippen LogP contribution in [0.5, 0.6) is 0 Å². The van der Waals surface area contributed by atoms with Crippen LogP contribution in [0.1, 0.15) is 12.5 Å². The van der Waals surface area contributed by atoms with Gasteiger partial charge in [-0.3, -0.25) is 0 Å². The van der Waals surface area contributed by atoms with E-state index in [2.05, 4.69) is 0 Å². The molecule has 1 aromatic rings. The van der Waals surface area contributed by atoms with Crippen LogP contribution in [0, 0.1) is 5.82 Å². The molecular weight excluding hydrogens is 175 g/mol. The number of hydrogen-bond acceptors (Lipinski definition) is 1. The fourth-order valence-electron chi connectivity index (χ4n) is 1.15. The van der Waals surface area contributed by atoms with Crippen molar-refractivity contribution in [3.8, 4) is 0 Å². The van der Waals surface area contributed by atoms with E-state index in [1.165, 1.54) is 6.07 Å². The van der Waals surface area contributed by atoms with E-state index < -0.39 is 11.2 Å². The Hall–Kier alpha value is -0.540. The first kappa shape index (κ1) is 9.55. The summed E-state index contributed by atoms with van der Waals surface area (Å²) in [4.78, 5) is 0.609. The third-order valence-corrected chi connectivity index (χ3v) is 2.74. The lowest BCUT2D eigenvalue weighted by molar-refractivity contribution is 0.586. The highest BCUT2D eigenvalue weighted by Gasteiger charge is 2.13. The average Bonchev–Trinajstić information content (AvgIpc) is 2.03. The monoisotopic (exact) mass is 186 g/mol. The lowest BCUT2D eigenvalue weighted by Crippen LogP contribution is -2.03. The van der Waals surface area contributed by atoms with E-state index in [4.69, 9.17) is 0 Å². The molecule has 0 fully saturated rings. The van der Waals surface area contributed by atoms with Crippen LogP contribution in [0.3, 0.4) is 0 Å². The Morgan fingerprint density at radius 3 is 2.58 bits per heavy atom. The molecule has 0 aliphatic carbocycles. The van der Waals surface area contributed by atoms with Gasteiger partial charge in [-0.15, -0.1) is 0 Å². The van der Waals surface area contributed by atoms with Gasteiger partial charge in [0.2, 0.25) is 0 Å². The molecule has 0 heterocycles. The highest BCUT2D eigenvalue weighted by atomic mass is 32.2. The van der Waals surface area contributed by atoms with Crippen LogP contribution in [-0.2, 0) is 17.6 Å². The summed E-state index contributed by atoms with van der Waals surface area (Å²) in [6.45, 7) is 1.86. The lowest BCUT2D eigenvalue weighted by atomic mass is 10.1. The van der Waals surface area contributed by atoms with Crippen molar-refractivity contribution in [2.24, 2.45) is 0 Å². The number of hydrogen-bond donors (Lipinski definition) is 0. The summed E-state index contributed by atoms with van der Waals surface area (Å²) in [5, 5.41) is 0. The smallest absolute Gasteiger partial charge is 0.158 e. The molecule has 0 amide bonds. The van der Waals surface area contributed by atoms with Crippen molar-refractivity contribution in [1.29, 1.82) is 0 Å². The molecule has 0 aliphatic heterocycles. The number of halogens is 1. The number of benzene rings is 1. The van der Waals surface area contributed by atoms with Crippen LogP contribution in [0.2, 0.25) is 0 Å². The summed E-state index contributed by atoms with van der Waals surface area (Å²) in [5.74, 6) is -0.259.